The third-order valence-corrected chi connectivity index (χ3v) is 5.62. The molecule has 4 rings (SSSR count). The number of hydrogen-bond acceptors (Lipinski definition) is 9. The molecular formula is C23H24F2N6O6S. The lowest BCUT2D eigenvalue weighted by Gasteiger charge is -2.16. The summed E-state index contributed by atoms with van der Waals surface area (Å²) in [6, 6.07) is 10.3. The fourth-order valence-corrected chi connectivity index (χ4v) is 3.95. The zero-order valence-electron chi connectivity index (χ0n) is 20.6. The van der Waals surface area contributed by atoms with Gasteiger partial charge in [-0.15, -0.1) is 0 Å². The third-order valence-electron chi connectivity index (χ3n) is 5.23. The SMILES string of the molecule is CCOc1cccc(-c2nc3nc(COC(F)F)c(CNS(=O)O)nc3n2-c2c(OC)cccc2OC)n1. The zero-order chi connectivity index (χ0) is 27.2. The van der Waals surface area contributed by atoms with Gasteiger partial charge in [-0.3, -0.25) is 9.12 Å². The molecule has 0 radical (unpaired) electrons. The minimum absolute atomic E-state index is 0.00923. The van der Waals surface area contributed by atoms with Crippen LogP contribution in [-0.2, 0) is 29.2 Å². The highest BCUT2D eigenvalue weighted by atomic mass is 32.2. The maximum atomic E-state index is 12.8. The first kappa shape index (κ1) is 27.3. The first-order valence-corrected chi connectivity index (χ1v) is 12.3. The molecule has 0 aliphatic rings. The summed E-state index contributed by atoms with van der Waals surface area (Å²) < 4.78 is 71.2. The molecule has 3 heterocycles. The van der Waals surface area contributed by atoms with Gasteiger partial charge in [0.1, 0.15) is 22.9 Å². The van der Waals surface area contributed by atoms with Crippen molar-refractivity contribution < 1.29 is 36.5 Å². The van der Waals surface area contributed by atoms with Crippen LogP contribution in [0.15, 0.2) is 36.4 Å². The molecule has 0 aliphatic heterocycles. The second-order valence-electron chi connectivity index (χ2n) is 7.48. The summed E-state index contributed by atoms with van der Waals surface area (Å²) in [5.74, 6) is 1.46. The van der Waals surface area contributed by atoms with Gasteiger partial charge in [0.25, 0.3) is 0 Å². The van der Waals surface area contributed by atoms with E-state index >= 15 is 0 Å². The van der Waals surface area contributed by atoms with Gasteiger partial charge in [-0.2, -0.15) is 8.78 Å². The van der Waals surface area contributed by atoms with Gasteiger partial charge < -0.3 is 18.9 Å². The number of nitrogens with one attached hydrogen (secondary N) is 1. The molecule has 0 spiro atoms. The van der Waals surface area contributed by atoms with Crippen LogP contribution in [-0.4, -0.2) is 60.7 Å². The molecule has 0 amide bonds. The number of pyridine rings is 1. The van der Waals surface area contributed by atoms with Crippen LogP contribution in [0.25, 0.3) is 28.5 Å². The smallest absolute Gasteiger partial charge is 0.345 e. The van der Waals surface area contributed by atoms with E-state index < -0.39 is 24.5 Å². The Hall–Kier alpha value is -3.79. The summed E-state index contributed by atoms with van der Waals surface area (Å²) in [5.41, 5.74) is 1.19. The predicted molar refractivity (Wildman–Crippen MR) is 133 cm³/mol. The van der Waals surface area contributed by atoms with Gasteiger partial charge in [-0.25, -0.2) is 28.9 Å². The van der Waals surface area contributed by atoms with E-state index in [0.29, 0.717) is 35.4 Å². The van der Waals surface area contributed by atoms with Crippen LogP contribution in [0.1, 0.15) is 18.3 Å². The molecule has 1 atom stereocenters. The number of nitrogens with zero attached hydrogens (tertiary/aromatic N) is 5. The van der Waals surface area contributed by atoms with Gasteiger partial charge >= 0.3 is 6.61 Å². The Kier molecular flexibility index (Phi) is 8.73. The molecule has 3 aromatic heterocycles. The summed E-state index contributed by atoms with van der Waals surface area (Å²) in [7, 11) is 2.98. The number of ether oxygens (including phenoxy) is 4. The second kappa shape index (κ2) is 12.2. The van der Waals surface area contributed by atoms with E-state index in [1.54, 1.807) is 41.0 Å². The average Bonchev–Trinajstić information content (AvgIpc) is 3.27. The first-order valence-electron chi connectivity index (χ1n) is 11.2. The Bertz CT molecular complexity index is 1430. The normalized spacial score (nSPS) is 12.2. The number of halogens is 2. The van der Waals surface area contributed by atoms with Crippen molar-refractivity contribution in [2.24, 2.45) is 0 Å². The number of alkyl halides is 2. The van der Waals surface area contributed by atoms with Crippen molar-refractivity contribution in [3.05, 3.63) is 47.8 Å². The van der Waals surface area contributed by atoms with E-state index in [9.17, 15) is 17.5 Å². The summed E-state index contributed by atoms with van der Waals surface area (Å²) in [5, 5.41) is 0. The van der Waals surface area contributed by atoms with Crippen LogP contribution >= 0.6 is 0 Å². The Morgan fingerprint density at radius 1 is 1.03 bits per heavy atom. The Labute approximate surface area is 218 Å². The van der Waals surface area contributed by atoms with Gasteiger partial charge in [-0.1, -0.05) is 12.1 Å². The first-order chi connectivity index (χ1) is 18.4. The monoisotopic (exact) mass is 550 g/mol. The number of imidazole rings is 1. The van der Waals surface area contributed by atoms with Crippen molar-refractivity contribution >= 4 is 22.6 Å². The number of hydrogen-bond donors (Lipinski definition) is 2. The van der Waals surface area contributed by atoms with Gasteiger partial charge in [0.05, 0.1) is 45.4 Å². The summed E-state index contributed by atoms with van der Waals surface area (Å²) >= 11 is -2.39. The Morgan fingerprint density at radius 3 is 2.37 bits per heavy atom. The summed E-state index contributed by atoms with van der Waals surface area (Å²) in [6.07, 6.45) is 0. The fourth-order valence-electron chi connectivity index (χ4n) is 3.69. The molecule has 0 saturated heterocycles. The highest BCUT2D eigenvalue weighted by Gasteiger charge is 2.25. The van der Waals surface area contributed by atoms with Gasteiger partial charge in [-0.05, 0) is 25.1 Å². The molecule has 4 aromatic rings. The molecule has 0 aliphatic carbocycles. The van der Waals surface area contributed by atoms with Crippen molar-refractivity contribution in [3.63, 3.8) is 0 Å². The topological polar surface area (TPSA) is 143 Å². The highest BCUT2D eigenvalue weighted by molar-refractivity contribution is 7.77. The lowest BCUT2D eigenvalue weighted by molar-refractivity contribution is -0.138. The predicted octanol–water partition coefficient (Wildman–Crippen LogP) is 3.26. The minimum atomic E-state index is -3.06. The lowest BCUT2D eigenvalue weighted by atomic mass is 10.2. The molecule has 0 bridgehead atoms. The van der Waals surface area contributed by atoms with Crippen molar-refractivity contribution in [1.82, 2.24) is 29.2 Å². The number of rotatable bonds is 12. The summed E-state index contributed by atoms with van der Waals surface area (Å²) in [6.45, 7) is -1.71. The molecule has 0 saturated carbocycles. The van der Waals surface area contributed by atoms with E-state index in [-0.39, 0.29) is 35.1 Å². The Morgan fingerprint density at radius 2 is 1.74 bits per heavy atom. The minimum Gasteiger partial charge on any atom is -0.494 e. The third kappa shape index (κ3) is 5.85. The molecule has 12 nitrogen and oxygen atoms in total. The number of benzene rings is 1. The molecule has 2 N–H and O–H groups in total. The van der Waals surface area contributed by atoms with Gasteiger partial charge in [0.2, 0.25) is 17.1 Å². The highest BCUT2D eigenvalue weighted by Crippen LogP contribution is 2.38. The van der Waals surface area contributed by atoms with Crippen LogP contribution < -0.4 is 18.9 Å². The van der Waals surface area contributed by atoms with Crippen molar-refractivity contribution in [1.29, 1.82) is 0 Å². The van der Waals surface area contributed by atoms with E-state index in [1.165, 1.54) is 14.2 Å². The maximum Gasteiger partial charge on any atom is 0.345 e. The van der Waals surface area contributed by atoms with Crippen LogP contribution in [0.5, 0.6) is 17.4 Å². The Balaban J connectivity index is 2.04. The van der Waals surface area contributed by atoms with E-state index in [0.717, 1.165) is 0 Å². The summed E-state index contributed by atoms with van der Waals surface area (Å²) in [4.78, 5) is 18.2. The second-order valence-corrected chi connectivity index (χ2v) is 8.27. The molecule has 1 aromatic carbocycles. The lowest BCUT2D eigenvalue weighted by Crippen LogP contribution is -2.19. The maximum absolute atomic E-state index is 12.8. The van der Waals surface area contributed by atoms with Crippen LogP contribution in [0.2, 0.25) is 0 Å². The van der Waals surface area contributed by atoms with Crippen LogP contribution in [0, 0.1) is 0 Å². The average molecular weight is 551 g/mol. The fraction of sp³-hybridized carbons (Fsp3) is 0.304. The quantitative estimate of drug-likeness (QED) is 0.252. The van der Waals surface area contributed by atoms with E-state index in [4.69, 9.17) is 14.2 Å². The standard InChI is InChI=1S/C23H24F2N6O6S/c1-4-36-18-10-5-7-13(27-18)21-30-20-22(31(21)19-16(34-2)8-6-9-17(19)35-3)29-14(11-26-38(32)33)15(28-20)12-37-23(24)25/h5-10,23,26H,4,11-12H2,1-3H3,(H,32,33). The number of methoxy groups -OCH3 is 2. The van der Waals surface area contributed by atoms with Crippen molar-refractivity contribution in [2.45, 2.75) is 26.7 Å². The molecule has 38 heavy (non-hydrogen) atoms. The van der Waals surface area contributed by atoms with E-state index in [2.05, 4.69) is 29.4 Å². The van der Waals surface area contributed by atoms with Gasteiger partial charge in [0.15, 0.2) is 17.1 Å². The van der Waals surface area contributed by atoms with Crippen LogP contribution in [0.4, 0.5) is 8.78 Å². The molecule has 202 valence electrons. The number of aromatic nitrogens is 5. The number of fused-ring (bicyclic) bond motifs is 1. The van der Waals surface area contributed by atoms with Gasteiger partial charge in [0, 0.05) is 6.07 Å². The zero-order valence-corrected chi connectivity index (χ0v) is 21.4. The molecule has 15 heteroatoms. The largest absolute Gasteiger partial charge is 0.494 e. The van der Waals surface area contributed by atoms with Crippen molar-refractivity contribution in [2.75, 3.05) is 20.8 Å². The van der Waals surface area contributed by atoms with Crippen molar-refractivity contribution in [3.8, 4) is 34.6 Å². The van der Waals surface area contributed by atoms with Crippen LogP contribution in [0.3, 0.4) is 0 Å². The number of para-hydroxylation sites is 1. The molecule has 1 unspecified atom stereocenters. The molecule has 0 fully saturated rings. The molecular weight excluding hydrogens is 526 g/mol. The van der Waals surface area contributed by atoms with E-state index in [1.807, 2.05) is 6.92 Å².